The Kier molecular flexibility index (Phi) is 2.59. The Morgan fingerprint density at radius 2 is 2.00 bits per heavy atom. The molecule has 0 spiro atoms. The second kappa shape index (κ2) is 4.06. The number of rotatable bonds is 2. The molecule has 1 aromatic heterocycles. The van der Waals surface area contributed by atoms with Gasteiger partial charge in [-0.05, 0) is 5.56 Å². The normalized spacial score (nSPS) is 10.1. The maximum atomic E-state index is 11.6. The van der Waals surface area contributed by atoms with Crippen LogP contribution in [0.15, 0.2) is 39.5 Å². The number of aromatic nitrogens is 1. The molecule has 0 aliphatic carbocycles. The van der Waals surface area contributed by atoms with Gasteiger partial charge in [-0.25, -0.2) is 4.79 Å². The van der Waals surface area contributed by atoms with Crippen molar-refractivity contribution in [3.05, 3.63) is 40.8 Å². The summed E-state index contributed by atoms with van der Waals surface area (Å²) in [6.07, 6.45) is -0.262. The van der Waals surface area contributed by atoms with Crippen LogP contribution in [-0.4, -0.2) is 17.2 Å². The van der Waals surface area contributed by atoms with Crippen LogP contribution in [-0.2, 0) is 0 Å². The summed E-state index contributed by atoms with van der Waals surface area (Å²) < 4.78 is 9.37. The zero-order valence-electron chi connectivity index (χ0n) is 8.51. The number of hydrogen-bond acceptors (Lipinski definition) is 5. The Morgan fingerprint density at radius 3 is 2.56 bits per heavy atom. The van der Waals surface area contributed by atoms with Crippen LogP contribution in [0.3, 0.4) is 0 Å². The maximum Gasteiger partial charge on any atom is 0.399 e. The van der Waals surface area contributed by atoms with E-state index in [1.807, 2.05) is 0 Å². The smallest absolute Gasteiger partial charge is 0.399 e. The minimum absolute atomic E-state index is 0.0291. The van der Waals surface area contributed by atoms with E-state index in [0.717, 1.165) is 0 Å². The van der Waals surface area contributed by atoms with E-state index in [1.54, 1.807) is 30.3 Å². The van der Waals surface area contributed by atoms with Crippen LogP contribution in [0.2, 0.25) is 0 Å². The van der Waals surface area contributed by atoms with Gasteiger partial charge in [0.15, 0.2) is 0 Å². The van der Waals surface area contributed by atoms with Crippen LogP contribution in [0, 0.1) is 0 Å². The number of hydrogen-bond donors (Lipinski definition) is 1. The maximum absolute atomic E-state index is 11.6. The van der Waals surface area contributed by atoms with Gasteiger partial charge in [0.2, 0.25) is 5.88 Å². The predicted octanol–water partition coefficient (Wildman–Crippen LogP) is 1.42. The highest BCUT2D eigenvalue weighted by atomic mass is 16.6. The van der Waals surface area contributed by atoms with Gasteiger partial charge in [-0.3, -0.25) is 0 Å². The molecular weight excluding hydrogens is 210 g/mol. The summed E-state index contributed by atoms with van der Waals surface area (Å²) >= 11 is 0. The first-order valence-electron chi connectivity index (χ1n) is 4.56. The fraction of sp³-hybridized carbons (Fsp3) is 0.0909. The minimum Gasteiger partial charge on any atom is -0.492 e. The van der Waals surface area contributed by atoms with Gasteiger partial charge in [0.05, 0.1) is 7.11 Å². The van der Waals surface area contributed by atoms with E-state index in [2.05, 4.69) is 9.72 Å². The van der Waals surface area contributed by atoms with Crippen molar-refractivity contribution in [1.29, 1.82) is 0 Å². The van der Waals surface area contributed by atoms with E-state index in [1.165, 1.54) is 7.11 Å². The lowest BCUT2D eigenvalue weighted by Crippen LogP contribution is -2.06. The van der Waals surface area contributed by atoms with E-state index >= 15 is 0 Å². The Hall–Kier alpha value is -2.30. The molecule has 5 nitrogen and oxygen atoms in total. The van der Waals surface area contributed by atoms with Crippen LogP contribution in [0.1, 0.15) is 0 Å². The van der Waals surface area contributed by atoms with Gasteiger partial charge < -0.3 is 14.3 Å². The molecular formula is C11H9NO4. The topological polar surface area (TPSA) is 72.6 Å². The number of ether oxygens (including phenoxy) is 1. The third kappa shape index (κ3) is 1.75. The van der Waals surface area contributed by atoms with E-state index in [0.29, 0.717) is 5.56 Å². The second-order valence-electron chi connectivity index (χ2n) is 3.04. The third-order valence-electron chi connectivity index (χ3n) is 2.04. The molecule has 0 saturated heterocycles. The van der Waals surface area contributed by atoms with Crippen LogP contribution >= 0.6 is 0 Å². The van der Waals surface area contributed by atoms with Gasteiger partial charge in [-0.2, -0.15) is 0 Å². The quantitative estimate of drug-likeness (QED) is 0.826. The van der Waals surface area contributed by atoms with Crippen LogP contribution in [0.5, 0.6) is 12.0 Å². The lowest BCUT2D eigenvalue weighted by atomic mass is 10.1. The van der Waals surface area contributed by atoms with Crippen molar-refractivity contribution in [1.82, 2.24) is 4.98 Å². The predicted molar refractivity (Wildman–Crippen MR) is 56.4 cm³/mol. The van der Waals surface area contributed by atoms with Crippen LogP contribution in [0.4, 0.5) is 0 Å². The molecule has 0 aliphatic rings. The number of methoxy groups -OCH3 is 1. The standard InChI is InChI=1S/C11H9NO4/c1-15-11-12-9(13)8(10(14)16-11)7-5-3-2-4-6-7/h2-6,13H,1H3. The van der Waals surface area contributed by atoms with Crippen molar-refractivity contribution in [3.63, 3.8) is 0 Å². The molecule has 0 bridgehead atoms. The third-order valence-corrected chi connectivity index (χ3v) is 2.04. The average Bonchev–Trinajstić information content (AvgIpc) is 2.29. The molecule has 0 aliphatic heterocycles. The fourth-order valence-electron chi connectivity index (χ4n) is 1.33. The van der Waals surface area contributed by atoms with Gasteiger partial charge in [0.1, 0.15) is 5.56 Å². The number of aromatic hydroxyl groups is 1. The fourth-order valence-corrected chi connectivity index (χ4v) is 1.33. The summed E-state index contributed by atoms with van der Waals surface area (Å²) in [7, 11) is 1.30. The van der Waals surface area contributed by atoms with Gasteiger partial charge in [0.25, 0.3) is 0 Å². The van der Waals surface area contributed by atoms with Gasteiger partial charge in [0, 0.05) is 0 Å². The molecule has 2 rings (SSSR count). The Labute approximate surface area is 90.9 Å². The summed E-state index contributed by atoms with van der Waals surface area (Å²) in [5, 5.41) is 9.61. The molecule has 1 N–H and O–H groups in total. The molecule has 0 atom stereocenters. The largest absolute Gasteiger partial charge is 0.492 e. The summed E-state index contributed by atoms with van der Waals surface area (Å²) in [4.78, 5) is 15.2. The molecule has 0 amide bonds. The molecule has 0 fully saturated rings. The summed E-state index contributed by atoms with van der Waals surface area (Å²) in [5.74, 6) is -0.403. The lowest BCUT2D eigenvalue weighted by Gasteiger charge is -2.02. The summed E-state index contributed by atoms with van der Waals surface area (Å²) in [6, 6.07) is 8.66. The minimum atomic E-state index is -0.685. The SMILES string of the molecule is COc1nc(O)c(-c2ccccc2)c(=O)o1. The monoisotopic (exact) mass is 219 g/mol. The van der Waals surface area contributed by atoms with Gasteiger partial charge >= 0.3 is 11.7 Å². The van der Waals surface area contributed by atoms with Crippen molar-refractivity contribution in [2.75, 3.05) is 7.11 Å². The highest BCUT2D eigenvalue weighted by Gasteiger charge is 2.14. The average molecular weight is 219 g/mol. The molecule has 0 radical (unpaired) electrons. The van der Waals surface area contributed by atoms with Crippen molar-refractivity contribution < 1.29 is 14.3 Å². The molecule has 16 heavy (non-hydrogen) atoms. The van der Waals surface area contributed by atoms with Crippen molar-refractivity contribution in [2.24, 2.45) is 0 Å². The molecule has 1 heterocycles. The Bertz CT molecular complexity index is 548. The molecule has 5 heteroatoms. The summed E-state index contributed by atoms with van der Waals surface area (Å²) in [6.45, 7) is 0. The number of nitrogens with zero attached hydrogens (tertiary/aromatic N) is 1. The van der Waals surface area contributed by atoms with Crippen LogP contribution in [0.25, 0.3) is 11.1 Å². The van der Waals surface area contributed by atoms with E-state index in [4.69, 9.17) is 4.42 Å². The van der Waals surface area contributed by atoms with Crippen molar-refractivity contribution in [2.45, 2.75) is 0 Å². The van der Waals surface area contributed by atoms with Crippen molar-refractivity contribution in [3.8, 4) is 23.1 Å². The Morgan fingerprint density at radius 1 is 1.31 bits per heavy atom. The first-order chi connectivity index (χ1) is 7.72. The first-order valence-corrected chi connectivity index (χ1v) is 4.56. The van der Waals surface area contributed by atoms with Crippen LogP contribution < -0.4 is 10.4 Å². The van der Waals surface area contributed by atoms with Gasteiger partial charge in [-0.1, -0.05) is 30.3 Å². The molecule has 0 saturated carbocycles. The van der Waals surface area contributed by atoms with Crippen molar-refractivity contribution >= 4 is 0 Å². The molecule has 82 valence electrons. The zero-order chi connectivity index (χ0) is 11.5. The molecule has 1 aromatic carbocycles. The summed E-state index contributed by atoms with van der Waals surface area (Å²) in [5.41, 5.74) is -0.110. The Balaban J connectivity index is 2.63. The molecule has 2 aromatic rings. The van der Waals surface area contributed by atoms with E-state index in [-0.39, 0.29) is 11.6 Å². The lowest BCUT2D eigenvalue weighted by molar-refractivity contribution is 0.258. The molecule has 0 unspecified atom stereocenters. The van der Waals surface area contributed by atoms with Gasteiger partial charge in [-0.15, -0.1) is 4.98 Å². The highest BCUT2D eigenvalue weighted by Crippen LogP contribution is 2.24. The number of benzene rings is 1. The van der Waals surface area contributed by atoms with E-state index < -0.39 is 11.5 Å². The van der Waals surface area contributed by atoms with E-state index in [9.17, 15) is 9.90 Å². The zero-order valence-corrected chi connectivity index (χ0v) is 8.51. The first kappa shape index (κ1) is 10.2. The highest BCUT2D eigenvalue weighted by molar-refractivity contribution is 5.66. The second-order valence-corrected chi connectivity index (χ2v) is 3.04.